The molecule has 1 heterocycles. The second-order valence-electron chi connectivity index (χ2n) is 4.92. The molecule has 1 fully saturated rings. The molecule has 94 valence electrons. The van der Waals surface area contributed by atoms with Crippen molar-refractivity contribution in [3.63, 3.8) is 0 Å². The van der Waals surface area contributed by atoms with Crippen molar-refractivity contribution in [2.75, 3.05) is 23.8 Å². The van der Waals surface area contributed by atoms with E-state index in [0.29, 0.717) is 0 Å². The Hall–Kier alpha value is -1.22. The van der Waals surface area contributed by atoms with E-state index in [2.05, 4.69) is 17.0 Å². The molecule has 0 saturated carbocycles. The number of aliphatic hydroxyl groups is 1. The van der Waals surface area contributed by atoms with Crippen molar-refractivity contribution in [3.05, 3.63) is 23.8 Å². The van der Waals surface area contributed by atoms with Gasteiger partial charge in [0.15, 0.2) is 0 Å². The van der Waals surface area contributed by atoms with Gasteiger partial charge in [-0.2, -0.15) is 0 Å². The first-order valence-corrected chi connectivity index (χ1v) is 6.46. The van der Waals surface area contributed by atoms with Crippen molar-refractivity contribution < 1.29 is 5.11 Å². The number of nitrogen functional groups attached to an aromatic ring is 1. The highest BCUT2D eigenvalue weighted by molar-refractivity contribution is 5.58. The van der Waals surface area contributed by atoms with E-state index in [1.165, 1.54) is 24.9 Å². The molecule has 0 aromatic heterocycles. The molecule has 2 rings (SSSR count). The summed E-state index contributed by atoms with van der Waals surface area (Å²) in [5.74, 6) is 0. The van der Waals surface area contributed by atoms with E-state index in [4.69, 9.17) is 5.73 Å². The lowest BCUT2D eigenvalue weighted by Gasteiger charge is -2.31. The van der Waals surface area contributed by atoms with Crippen LogP contribution in [0.3, 0.4) is 0 Å². The Morgan fingerprint density at radius 2 is 2.18 bits per heavy atom. The molecule has 3 heteroatoms. The molecule has 17 heavy (non-hydrogen) atoms. The Labute approximate surface area is 103 Å². The molecule has 0 spiro atoms. The second-order valence-corrected chi connectivity index (χ2v) is 4.92. The average Bonchev–Trinajstić information content (AvgIpc) is 2.57. The van der Waals surface area contributed by atoms with Crippen LogP contribution in [-0.4, -0.2) is 24.3 Å². The van der Waals surface area contributed by atoms with Crippen LogP contribution in [0.5, 0.6) is 0 Å². The lowest BCUT2D eigenvalue weighted by atomic mass is 10.1. The van der Waals surface area contributed by atoms with Crippen LogP contribution in [0.25, 0.3) is 0 Å². The highest BCUT2D eigenvalue weighted by Crippen LogP contribution is 2.26. The number of aliphatic hydroxyl groups excluding tert-OH is 1. The van der Waals surface area contributed by atoms with Crippen LogP contribution in [-0.2, 0) is 0 Å². The first-order chi connectivity index (χ1) is 8.22. The number of hydrogen-bond acceptors (Lipinski definition) is 3. The standard InChI is InChI=1S/C14H22N2O/c1-11-9-12(6-7-14(11)15)16-8-4-2-3-5-13(16)10-17/h6-7,9,13,17H,2-5,8,10,15H2,1H3. The summed E-state index contributed by atoms with van der Waals surface area (Å²) in [5, 5.41) is 9.51. The van der Waals surface area contributed by atoms with Gasteiger partial charge in [0.1, 0.15) is 0 Å². The highest BCUT2D eigenvalue weighted by atomic mass is 16.3. The van der Waals surface area contributed by atoms with Gasteiger partial charge in [-0.3, -0.25) is 0 Å². The third kappa shape index (κ3) is 2.72. The van der Waals surface area contributed by atoms with E-state index in [-0.39, 0.29) is 12.6 Å². The molecule has 1 unspecified atom stereocenters. The van der Waals surface area contributed by atoms with Crippen molar-refractivity contribution in [2.24, 2.45) is 0 Å². The highest BCUT2D eigenvalue weighted by Gasteiger charge is 2.20. The maximum Gasteiger partial charge on any atom is 0.0635 e. The normalized spacial score (nSPS) is 21.3. The second kappa shape index (κ2) is 5.41. The first kappa shape index (κ1) is 12.2. The van der Waals surface area contributed by atoms with Gasteiger partial charge >= 0.3 is 0 Å². The van der Waals surface area contributed by atoms with Crippen LogP contribution in [0, 0.1) is 6.92 Å². The molecule has 1 saturated heterocycles. The minimum Gasteiger partial charge on any atom is -0.399 e. The quantitative estimate of drug-likeness (QED) is 0.772. The molecule has 1 aromatic carbocycles. The number of aryl methyl sites for hydroxylation is 1. The summed E-state index contributed by atoms with van der Waals surface area (Å²) in [6.45, 7) is 3.31. The van der Waals surface area contributed by atoms with Crippen molar-refractivity contribution >= 4 is 11.4 Å². The van der Waals surface area contributed by atoms with Crippen LogP contribution >= 0.6 is 0 Å². The van der Waals surface area contributed by atoms with Crippen LogP contribution in [0.1, 0.15) is 31.2 Å². The smallest absolute Gasteiger partial charge is 0.0635 e. The topological polar surface area (TPSA) is 49.5 Å². The summed E-state index contributed by atoms with van der Waals surface area (Å²) in [7, 11) is 0. The van der Waals surface area contributed by atoms with Crippen LogP contribution in [0.15, 0.2) is 18.2 Å². The van der Waals surface area contributed by atoms with E-state index < -0.39 is 0 Å². The van der Waals surface area contributed by atoms with E-state index in [1.54, 1.807) is 0 Å². The monoisotopic (exact) mass is 234 g/mol. The number of benzene rings is 1. The lowest BCUT2D eigenvalue weighted by Crippen LogP contribution is -2.37. The van der Waals surface area contributed by atoms with Gasteiger partial charge in [-0.1, -0.05) is 12.8 Å². The van der Waals surface area contributed by atoms with E-state index in [1.807, 2.05) is 13.0 Å². The van der Waals surface area contributed by atoms with Gasteiger partial charge in [-0.15, -0.1) is 0 Å². The Morgan fingerprint density at radius 3 is 2.88 bits per heavy atom. The van der Waals surface area contributed by atoms with Gasteiger partial charge in [-0.25, -0.2) is 0 Å². The molecule has 1 atom stereocenters. The van der Waals surface area contributed by atoms with Crippen molar-refractivity contribution in [2.45, 2.75) is 38.6 Å². The fraction of sp³-hybridized carbons (Fsp3) is 0.571. The number of nitrogens with two attached hydrogens (primary N) is 1. The zero-order valence-electron chi connectivity index (χ0n) is 10.5. The molecule has 0 radical (unpaired) electrons. The summed E-state index contributed by atoms with van der Waals surface area (Å²) in [6.07, 6.45) is 4.77. The number of hydrogen-bond donors (Lipinski definition) is 2. The minimum atomic E-state index is 0.240. The predicted molar refractivity (Wildman–Crippen MR) is 72.3 cm³/mol. The molecule has 3 N–H and O–H groups in total. The Kier molecular flexibility index (Phi) is 3.89. The molecule has 1 aromatic rings. The van der Waals surface area contributed by atoms with E-state index in [9.17, 15) is 5.11 Å². The van der Waals surface area contributed by atoms with E-state index >= 15 is 0 Å². The van der Waals surface area contributed by atoms with Gasteiger partial charge < -0.3 is 15.7 Å². The molecule has 0 bridgehead atoms. The molecule has 1 aliphatic heterocycles. The van der Waals surface area contributed by atoms with Gasteiger partial charge in [0.25, 0.3) is 0 Å². The lowest BCUT2D eigenvalue weighted by molar-refractivity contribution is 0.255. The minimum absolute atomic E-state index is 0.240. The third-order valence-corrected chi connectivity index (χ3v) is 3.67. The van der Waals surface area contributed by atoms with Gasteiger partial charge in [0.2, 0.25) is 0 Å². The number of anilines is 2. The number of rotatable bonds is 2. The zero-order chi connectivity index (χ0) is 12.3. The van der Waals surface area contributed by atoms with Crippen molar-refractivity contribution in [3.8, 4) is 0 Å². The summed E-state index contributed by atoms with van der Waals surface area (Å²) in [4.78, 5) is 2.33. The van der Waals surface area contributed by atoms with Crippen molar-refractivity contribution in [1.29, 1.82) is 0 Å². The Morgan fingerprint density at radius 1 is 1.35 bits per heavy atom. The summed E-state index contributed by atoms with van der Waals surface area (Å²) in [5.41, 5.74) is 8.99. The zero-order valence-corrected chi connectivity index (χ0v) is 10.5. The number of nitrogens with zero attached hydrogens (tertiary/aromatic N) is 1. The van der Waals surface area contributed by atoms with Gasteiger partial charge in [-0.05, 0) is 43.5 Å². The molecule has 0 amide bonds. The maximum absolute atomic E-state index is 9.51. The van der Waals surface area contributed by atoms with Crippen LogP contribution in [0.2, 0.25) is 0 Å². The predicted octanol–water partition coefficient (Wildman–Crippen LogP) is 2.32. The summed E-state index contributed by atoms with van der Waals surface area (Å²) >= 11 is 0. The summed E-state index contributed by atoms with van der Waals surface area (Å²) < 4.78 is 0. The van der Waals surface area contributed by atoms with Crippen molar-refractivity contribution in [1.82, 2.24) is 0 Å². The SMILES string of the molecule is Cc1cc(N2CCCCCC2CO)ccc1N. The van der Waals surface area contributed by atoms with Crippen LogP contribution < -0.4 is 10.6 Å². The Balaban J connectivity index is 2.25. The third-order valence-electron chi connectivity index (χ3n) is 3.67. The largest absolute Gasteiger partial charge is 0.399 e. The molecule has 1 aliphatic rings. The summed E-state index contributed by atoms with van der Waals surface area (Å²) in [6, 6.07) is 6.42. The fourth-order valence-electron chi connectivity index (χ4n) is 2.55. The van der Waals surface area contributed by atoms with Crippen LogP contribution in [0.4, 0.5) is 11.4 Å². The fourth-order valence-corrected chi connectivity index (χ4v) is 2.55. The average molecular weight is 234 g/mol. The van der Waals surface area contributed by atoms with E-state index in [0.717, 1.165) is 24.2 Å². The first-order valence-electron chi connectivity index (χ1n) is 6.46. The molecule has 3 nitrogen and oxygen atoms in total. The molecule has 0 aliphatic carbocycles. The molecular formula is C14H22N2O. The Bertz CT molecular complexity index is 378. The maximum atomic E-state index is 9.51. The van der Waals surface area contributed by atoms with Gasteiger partial charge in [0.05, 0.1) is 12.6 Å². The molecular weight excluding hydrogens is 212 g/mol. The van der Waals surface area contributed by atoms with Gasteiger partial charge in [0, 0.05) is 17.9 Å².